The summed E-state index contributed by atoms with van der Waals surface area (Å²) in [5, 5.41) is 11.7. The molecule has 200 valence electrons. The van der Waals surface area contributed by atoms with E-state index in [4.69, 9.17) is 18.9 Å². The Morgan fingerprint density at radius 3 is 2.31 bits per heavy atom. The number of ether oxygens (including phenoxy) is 4. The van der Waals surface area contributed by atoms with Crippen LogP contribution >= 0.6 is 11.3 Å². The smallest absolute Gasteiger partial charge is 0.301 e. The summed E-state index contributed by atoms with van der Waals surface area (Å²) >= 11 is 1.26. The lowest BCUT2D eigenvalue weighted by molar-refractivity contribution is -0.132. The Balaban J connectivity index is 1.70. The Kier molecular flexibility index (Phi) is 7.12. The van der Waals surface area contributed by atoms with E-state index in [2.05, 4.69) is 4.98 Å². The topological polar surface area (TPSA) is 107 Å². The molecule has 2 heterocycles. The maximum atomic E-state index is 13.6. The van der Waals surface area contributed by atoms with Gasteiger partial charge in [0.15, 0.2) is 16.6 Å². The quantitative estimate of drug-likeness (QED) is 0.179. The molecule has 0 radical (unpaired) electrons. The molecule has 0 spiro atoms. The monoisotopic (exact) mass is 546 g/mol. The fourth-order valence-corrected chi connectivity index (χ4v) is 5.55. The normalized spacial score (nSPS) is 16.5. The van der Waals surface area contributed by atoms with Crippen molar-refractivity contribution in [2.75, 3.05) is 32.8 Å². The van der Waals surface area contributed by atoms with Crippen LogP contribution in [0.5, 0.6) is 23.0 Å². The third kappa shape index (κ3) is 4.63. The molecule has 1 amide bonds. The number of carbonyl (C=O) groups is 2. The maximum absolute atomic E-state index is 13.6. The van der Waals surface area contributed by atoms with Gasteiger partial charge in [0, 0.05) is 5.56 Å². The molecule has 1 N–H and O–H groups in total. The number of thiazole rings is 1. The van der Waals surface area contributed by atoms with Crippen LogP contribution in [-0.2, 0) is 9.59 Å². The lowest BCUT2D eigenvalue weighted by Gasteiger charge is -2.23. The van der Waals surface area contributed by atoms with Gasteiger partial charge in [-0.1, -0.05) is 17.4 Å². The van der Waals surface area contributed by atoms with Crippen molar-refractivity contribution in [2.24, 2.45) is 0 Å². The number of amides is 1. The molecular weight excluding hydrogens is 520 g/mol. The average Bonchev–Trinajstić information content (AvgIpc) is 3.50. The molecule has 3 aromatic carbocycles. The first-order valence-electron chi connectivity index (χ1n) is 12.1. The summed E-state index contributed by atoms with van der Waals surface area (Å²) in [7, 11) is 4.55. The Morgan fingerprint density at radius 2 is 1.64 bits per heavy atom. The zero-order chi connectivity index (χ0) is 27.7. The number of aliphatic hydroxyl groups excluding tert-OH is 1. The number of aromatic nitrogens is 1. The minimum Gasteiger partial charge on any atom is -0.507 e. The predicted molar refractivity (Wildman–Crippen MR) is 148 cm³/mol. The van der Waals surface area contributed by atoms with Gasteiger partial charge in [0.25, 0.3) is 5.78 Å². The Labute approximate surface area is 228 Å². The lowest BCUT2D eigenvalue weighted by Crippen LogP contribution is -2.29. The van der Waals surface area contributed by atoms with Gasteiger partial charge >= 0.3 is 5.91 Å². The highest BCUT2D eigenvalue weighted by Gasteiger charge is 2.48. The van der Waals surface area contributed by atoms with Gasteiger partial charge in [-0.2, -0.15) is 0 Å². The zero-order valence-corrected chi connectivity index (χ0v) is 22.6. The molecule has 1 aromatic heterocycles. The molecule has 1 saturated heterocycles. The highest BCUT2D eigenvalue weighted by molar-refractivity contribution is 7.22. The van der Waals surface area contributed by atoms with E-state index < -0.39 is 17.7 Å². The predicted octanol–water partition coefficient (Wildman–Crippen LogP) is 5.35. The molecule has 1 unspecified atom stereocenters. The number of aliphatic hydroxyl groups is 1. The van der Waals surface area contributed by atoms with Crippen LogP contribution in [0.3, 0.4) is 0 Å². The van der Waals surface area contributed by atoms with E-state index in [1.807, 2.05) is 13.0 Å². The van der Waals surface area contributed by atoms with E-state index in [9.17, 15) is 14.7 Å². The fraction of sp³-hybridized carbons (Fsp3) is 0.207. The zero-order valence-electron chi connectivity index (χ0n) is 21.8. The molecule has 1 aliphatic rings. The van der Waals surface area contributed by atoms with Crippen LogP contribution in [0.15, 0.2) is 66.2 Å². The molecule has 5 rings (SSSR count). The van der Waals surface area contributed by atoms with Crippen LogP contribution in [0.4, 0.5) is 5.13 Å². The Bertz CT molecular complexity index is 1590. The molecule has 4 aromatic rings. The van der Waals surface area contributed by atoms with Crippen LogP contribution in [-0.4, -0.2) is 49.7 Å². The molecule has 0 bridgehead atoms. The van der Waals surface area contributed by atoms with Crippen LogP contribution < -0.4 is 23.8 Å². The van der Waals surface area contributed by atoms with Crippen molar-refractivity contribution in [3.05, 3.63) is 77.4 Å². The van der Waals surface area contributed by atoms with Crippen molar-refractivity contribution in [3.8, 4) is 23.0 Å². The number of nitrogens with zero attached hydrogens (tertiary/aromatic N) is 2. The number of methoxy groups -OCH3 is 3. The first kappa shape index (κ1) is 26.1. The molecule has 1 aliphatic heterocycles. The summed E-state index contributed by atoms with van der Waals surface area (Å²) in [5.74, 6) is 0.236. The standard InChI is InChI=1S/C29H26N2O7S/c1-5-38-19-11-12-20-23(15-19)39-29(30-20)31-25(17-8-13-21(36-3)22(14-17)37-4)24(27(33)28(31)34)26(32)16-6-9-18(35-2)10-7-16/h6-15,25,32H,5H2,1-4H3. The molecule has 1 fully saturated rings. The Morgan fingerprint density at radius 1 is 0.923 bits per heavy atom. The molecule has 9 nitrogen and oxygen atoms in total. The van der Waals surface area contributed by atoms with E-state index in [1.165, 1.54) is 37.6 Å². The van der Waals surface area contributed by atoms with E-state index in [0.29, 0.717) is 51.4 Å². The number of hydrogen-bond donors (Lipinski definition) is 1. The fourth-order valence-electron chi connectivity index (χ4n) is 4.52. The van der Waals surface area contributed by atoms with Crippen molar-refractivity contribution < 1.29 is 33.6 Å². The summed E-state index contributed by atoms with van der Waals surface area (Å²) in [5.41, 5.74) is 1.49. The number of ketones is 1. The molecule has 1 atom stereocenters. The van der Waals surface area contributed by atoms with E-state index >= 15 is 0 Å². The molecule has 0 saturated carbocycles. The van der Waals surface area contributed by atoms with Gasteiger partial charge in [-0.3, -0.25) is 14.5 Å². The maximum Gasteiger partial charge on any atom is 0.301 e. The Hall–Kier alpha value is -4.57. The van der Waals surface area contributed by atoms with Crippen LogP contribution in [0.25, 0.3) is 16.0 Å². The number of carbonyl (C=O) groups excluding carboxylic acids is 2. The highest BCUT2D eigenvalue weighted by atomic mass is 32.1. The van der Waals surface area contributed by atoms with E-state index in [-0.39, 0.29) is 11.3 Å². The second-order valence-corrected chi connectivity index (χ2v) is 9.58. The number of fused-ring (bicyclic) bond motifs is 1. The molecule has 10 heteroatoms. The summed E-state index contributed by atoms with van der Waals surface area (Å²) in [4.78, 5) is 33.1. The van der Waals surface area contributed by atoms with Crippen molar-refractivity contribution in [1.82, 2.24) is 4.98 Å². The minimum atomic E-state index is -0.973. The van der Waals surface area contributed by atoms with Gasteiger partial charge < -0.3 is 24.1 Å². The minimum absolute atomic E-state index is 0.0633. The van der Waals surface area contributed by atoms with E-state index in [1.54, 1.807) is 54.6 Å². The number of benzene rings is 3. The number of Topliss-reactive ketones (excluding diaryl/α,β-unsaturated/α-hetero) is 1. The first-order chi connectivity index (χ1) is 18.9. The van der Waals surface area contributed by atoms with Gasteiger partial charge in [0.1, 0.15) is 17.3 Å². The van der Waals surface area contributed by atoms with Crippen LogP contribution in [0.2, 0.25) is 0 Å². The lowest BCUT2D eigenvalue weighted by atomic mass is 9.95. The summed E-state index contributed by atoms with van der Waals surface area (Å²) in [6.45, 7) is 2.41. The number of anilines is 1. The van der Waals surface area contributed by atoms with Crippen molar-refractivity contribution in [1.29, 1.82) is 0 Å². The highest BCUT2D eigenvalue weighted by Crippen LogP contribution is 2.46. The number of hydrogen-bond acceptors (Lipinski definition) is 9. The molecule has 0 aliphatic carbocycles. The van der Waals surface area contributed by atoms with Gasteiger partial charge in [-0.25, -0.2) is 4.98 Å². The van der Waals surface area contributed by atoms with E-state index in [0.717, 1.165) is 4.70 Å². The largest absolute Gasteiger partial charge is 0.507 e. The summed E-state index contributed by atoms with van der Waals surface area (Å²) < 4.78 is 22.5. The number of rotatable bonds is 8. The second-order valence-electron chi connectivity index (χ2n) is 8.57. The van der Waals surface area contributed by atoms with Crippen molar-refractivity contribution in [3.63, 3.8) is 0 Å². The molecule has 39 heavy (non-hydrogen) atoms. The van der Waals surface area contributed by atoms with Gasteiger partial charge in [0.2, 0.25) is 0 Å². The van der Waals surface area contributed by atoms with Gasteiger partial charge in [-0.05, 0) is 67.1 Å². The third-order valence-corrected chi connectivity index (χ3v) is 7.41. The van der Waals surface area contributed by atoms with Crippen molar-refractivity contribution >= 4 is 44.1 Å². The summed E-state index contributed by atoms with van der Waals surface area (Å²) in [6, 6.07) is 16.2. The van der Waals surface area contributed by atoms with Crippen LogP contribution in [0.1, 0.15) is 24.1 Å². The average molecular weight is 547 g/mol. The summed E-state index contributed by atoms with van der Waals surface area (Å²) in [6.07, 6.45) is 0. The van der Waals surface area contributed by atoms with Gasteiger partial charge in [0.05, 0.1) is 49.8 Å². The van der Waals surface area contributed by atoms with Crippen molar-refractivity contribution in [2.45, 2.75) is 13.0 Å². The molecular formula is C29H26N2O7S. The third-order valence-electron chi connectivity index (χ3n) is 6.40. The van der Waals surface area contributed by atoms with Crippen LogP contribution in [0, 0.1) is 0 Å². The SMILES string of the molecule is CCOc1ccc2nc(N3C(=O)C(=O)C(=C(O)c4ccc(OC)cc4)C3c3ccc(OC)c(OC)c3)sc2c1. The first-order valence-corrected chi connectivity index (χ1v) is 12.9. The second kappa shape index (κ2) is 10.7. The van der Waals surface area contributed by atoms with Gasteiger partial charge in [-0.15, -0.1) is 0 Å².